The maximum atomic E-state index is 10.4. The van der Waals surface area contributed by atoms with Gasteiger partial charge in [0, 0.05) is 16.9 Å². The number of phenolic OH excluding ortho intramolecular Hbond substituents is 1. The minimum atomic E-state index is -0.370. The molecule has 4 rings (SSSR count). The van der Waals surface area contributed by atoms with Crippen molar-refractivity contribution in [3.8, 4) is 11.5 Å². The quantitative estimate of drug-likeness (QED) is 0.710. The number of phenols is 1. The Labute approximate surface area is 158 Å². The summed E-state index contributed by atoms with van der Waals surface area (Å²) in [7, 11) is 1.53. The third-order valence-corrected chi connectivity index (χ3v) is 4.54. The molecule has 3 aromatic rings. The molecule has 0 saturated carbocycles. The van der Waals surface area contributed by atoms with Gasteiger partial charge in [0.15, 0.2) is 23.4 Å². The molecule has 1 heterocycles. The van der Waals surface area contributed by atoms with Crippen LogP contribution in [0.2, 0.25) is 0 Å². The van der Waals surface area contributed by atoms with Crippen LogP contribution in [-0.4, -0.2) is 18.1 Å². The van der Waals surface area contributed by atoms with Crippen LogP contribution in [0.1, 0.15) is 18.1 Å². The highest BCUT2D eigenvalue weighted by atomic mass is 16.6. The third kappa shape index (κ3) is 3.31. The van der Waals surface area contributed by atoms with E-state index in [1.165, 1.54) is 7.11 Å². The highest BCUT2D eigenvalue weighted by Crippen LogP contribution is 2.40. The van der Waals surface area contributed by atoms with Crippen LogP contribution in [0.5, 0.6) is 11.5 Å². The fourth-order valence-corrected chi connectivity index (χ4v) is 3.23. The van der Waals surface area contributed by atoms with Crippen molar-refractivity contribution in [2.24, 2.45) is 5.16 Å². The number of rotatable bonds is 4. The summed E-state index contributed by atoms with van der Waals surface area (Å²) in [6.45, 7) is 0. The van der Waals surface area contributed by atoms with Crippen molar-refractivity contribution in [2.75, 3.05) is 12.0 Å². The van der Waals surface area contributed by atoms with Crippen molar-refractivity contribution in [3.05, 3.63) is 84.4 Å². The lowest BCUT2D eigenvalue weighted by Crippen LogP contribution is -2.24. The number of para-hydroxylation sites is 3. The molecule has 1 atom stereocenters. The molecule has 5 heteroatoms. The van der Waals surface area contributed by atoms with Gasteiger partial charge in [-0.05, 0) is 30.3 Å². The number of anilines is 2. The summed E-state index contributed by atoms with van der Waals surface area (Å²) in [5, 5.41) is 14.8. The Balaban J connectivity index is 1.66. The van der Waals surface area contributed by atoms with E-state index in [-0.39, 0.29) is 11.9 Å². The van der Waals surface area contributed by atoms with Crippen LogP contribution in [0.4, 0.5) is 11.4 Å². The summed E-state index contributed by atoms with van der Waals surface area (Å²) in [5.74, 6) is 1.29. The monoisotopic (exact) mass is 360 g/mol. The van der Waals surface area contributed by atoms with Crippen molar-refractivity contribution in [1.82, 2.24) is 0 Å². The van der Waals surface area contributed by atoms with Gasteiger partial charge in [-0.15, -0.1) is 0 Å². The second kappa shape index (κ2) is 7.41. The molecule has 27 heavy (non-hydrogen) atoms. The van der Waals surface area contributed by atoms with Crippen molar-refractivity contribution in [3.63, 3.8) is 0 Å². The van der Waals surface area contributed by atoms with Gasteiger partial charge >= 0.3 is 0 Å². The second-order valence-corrected chi connectivity index (χ2v) is 6.21. The predicted octanol–water partition coefficient (Wildman–Crippen LogP) is 5.01. The van der Waals surface area contributed by atoms with Crippen LogP contribution in [0, 0.1) is 0 Å². The van der Waals surface area contributed by atoms with E-state index in [4.69, 9.17) is 9.57 Å². The molecule has 136 valence electrons. The molecule has 0 amide bonds. The summed E-state index contributed by atoms with van der Waals surface area (Å²) < 4.78 is 5.20. The molecule has 0 saturated heterocycles. The maximum absolute atomic E-state index is 10.4. The van der Waals surface area contributed by atoms with Gasteiger partial charge in [0.1, 0.15) is 0 Å². The highest BCUT2D eigenvalue weighted by Gasteiger charge is 2.30. The highest BCUT2D eigenvalue weighted by molar-refractivity contribution is 6.04. The molecule has 0 aromatic heterocycles. The lowest BCUT2D eigenvalue weighted by atomic mass is 10.0. The minimum Gasteiger partial charge on any atom is -0.504 e. The molecule has 0 aliphatic carbocycles. The van der Waals surface area contributed by atoms with Gasteiger partial charge in [-0.2, -0.15) is 0 Å². The number of amidine groups is 1. The molecule has 1 N–H and O–H groups in total. The predicted molar refractivity (Wildman–Crippen MR) is 106 cm³/mol. The van der Waals surface area contributed by atoms with Gasteiger partial charge in [-0.1, -0.05) is 53.7 Å². The number of nitrogens with zero attached hydrogens (tertiary/aromatic N) is 2. The van der Waals surface area contributed by atoms with Crippen molar-refractivity contribution >= 4 is 17.2 Å². The first-order valence-corrected chi connectivity index (χ1v) is 8.76. The molecule has 1 aliphatic heterocycles. The molecule has 1 unspecified atom stereocenters. The van der Waals surface area contributed by atoms with Crippen molar-refractivity contribution in [2.45, 2.75) is 12.5 Å². The van der Waals surface area contributed by atoms with Crippen molar-refractivity contribution < 1.29 is 14.7 Å². The first-order chi connectivity index (χ1) is 13.3. The zero-order valence-corrected chi connectivity index (χ0v) is 14.9. The number of ether oxygens (including phenoxy) is 1. The lowest BCUT2D eigenvalue weighted by Gasteiger charge is -2.24. The summed E-state index contributed by atoms with van der Waals surface area (Å²) >= 11 is 0. The topological polar surface area (TPSA) is 54.3 Å². The molecule has 0 fully saturated rings. The second-order valence-electron chi connectivity index (χ2n) is 6.21. The zero-order valence-electron chi connectivity index (χ0n) is 14.9. The lowest BCUT2D eigenvalue weighted by molar-refractivity contribution is 0.0834. The number of oxime groups is 1. The fourth-order valence-electron chi connectivity index (χ4n) is 3.23. The maximum Gasteiger partial charge on any atom is 0.164 e. The normalized spacial score (nSPS) is 15.7. The number of hydrogen-bond acceptors (Lipinski definition) is 5. The van der Waals surface area contributed by atoms with E-state index in [2.05, 4.69) is 10.1 Å². The Hall–Kier alpha value is -3.47. The van der Waals surface area contributed by atoms with Crippen LogP contribution in [-0.2, 0) is 4.84 Å². The Bertz CT molecular complexity index is 903. The molecular weight excluding hydrogens is 340 g/mol. The molecule has 3 aromatic carbocycles. The smallest absolute Gasteiger partial charge is 0.164 e. The van der Waals surface area contributed by atoms with Gasteiger partial charge < -0.3 is 14.7 Å². The SMILES string of the molecule is COc1cccc(C2CC(N(c3ccccc3)c3ccccc3)=NO2)c1O. The Morgan fingerprint density at radius 2 is 1.56 bits per heavy atom. The number of hydrogen-bond donors (Lipinski definition) is 1. The van der Waals surface area contributed by atoms with Crippen LogP contribution < -0.4 is 9.64 Å². The van der Waals surface area contributed by atoms with E-state index in [0.717, 1.165) is 17.2 Å². The van der Waals surface area contributed by atoms with E-state index < -0.39 is 0 Å². The number of methoxy groups -OCH3 is 1. The summed E-state index contributed by atoms with van der Waals surface area (Å²) in [6, 6.07) is 25.5. The van der Waals surface area contributed by atoms with Crippen LogP contribution in [0.25, 0.3) is 0 Å². The summed E-state index contributed by atoms with van der Waals surface area (Å²) in [5.41, 5.74) is 2.66. The van der Waals surface area contributed by atoms with Crippen LogP contribution in [0.3, 0.4) is 0 Å². The first-order valence-electron chi connectivity index (χ1n) is 8.76. The van der Waals surface area contributed by atoms with Crippen LogP contribution in [0.15, 0.2) is 84.0 Å². The van der Waals surface area contributed by atoms with E-state index in [9.17, 15) is 5.11 Å². The molecule has 0 spiro atoms. The van der Waals surface area contributed by atoms with E-state index in [0.29, 0.717) is 17.7 Å². The average Bonchev–Trinajstić information content (AvgIpc) is 3.19. The largest absolute Gasteiger partial charge is 0.504 e. The molecule has 0 radical (unpaired) electrons. The molecule has 5 nitrogen and oxygen atoms in total. The van der Waals surface area contributed by atoms with Gasteiger partial charge in [-0.25, -0.2) is 0 Å². The van der Waals surface area contributed by atoms with Gasteiger partial charge in [0.2, 0.25) is 0 Å². The third-order valence-electron chi connectivity index (χ3n) is 4.54. The van der Waals surface area contributed by atoms with Crippen LogP contribution >= 0.6 is 0 Å². The molecule has 0 bridgehead atoms. The summed E-state index contributed by atoms with van der Waals surface area (Å²) in [4.78, 5) is 7.75. The first kappa shape index (κ1) is 17.0. The number of aromatic hydroxyl groups is 1. The average molecular weight is 360 g/mol. The fraction of sp³-hybridized carbons (Fsp3) is 0.136. The Morgan fingerprint density at radius 3 is 2.15 bits per heavy atom. The minimum absolute atomic E-state index is 0.0902. The van der Waals surface area contributed by atoms with Gasteiger partial charge in [0.25, 0.3) is 0 Å². The number of benzene rings is 3. The van der Waals surface area contributed by atoms with E-state index >= 15 is 0 Å². The molecular formula is C22H20N2O3. The van der Waals surface area contributed by atoms with Gasteiger partial charge in [-0.3, -0.25) is 4.90 Å². The van der Waals surface area contributed by atoms with Gasteiger partial charge in [0.05, 0.1) is 13.5 Å². The Kier molecular flexibility index (Phi) is 4.66. The van der Waals surface area contributed by atoms with E-state index in [1.807, 2.05) is 72.8 Å². The van der Waals surface area contributed by atoms with E-state index in [1.54, 1.807) is 6.07 Å². The molecule has 1 aliphatic rings. The van der Waals surface area contributed by atoms with Crippen molar-refractivity contribution in [1.29, 1.82) is 0 Å². The Morgan fingerprint density at radius 1 is 0.926 bits per heavy atom. The zero-order chi connectivity index (χ0) is 18.6. The summed E-state index contributed by atoms with van der Waals surface area (Å²) in [6.07, 6.45) is 0.162. The standard InChI is InChI=1S/C22H20N2O3/c1-26-19-14-8-13-18(22(19)25)20-15-21(23-27-20)24(16-9-4-2-5-10-16)17-11-6-3-7-12-17/h2-14,20,25H,15H2,1H3.